The van der Waals surface area contributed by atoms with Crippen LogP contribution in [0.4, 0.5) is 17.1 Å². The molecule has 2 aromatic heterocycles. The summed E-state index contributed by atoms with van der Waals surface area (Å²) < 4.78 is 8.99. The van der Waals surface area contributed by atoms with Crippen LogP contribution in [0.1, 0.15) is 0 Å². The zero-order chi connectivity index (χ0) is 46.8. The molecule has 0 bridgehead atoms. The van der Waals surface area contributed by atoms with Crippen molar-refractivity contribution in [1.82, 2.24) is 4.57 Å². The first-order chi connectivity index (χ1) is 35.2. The molecule has 0 unspecified atom stereocenters. The minimum Gasteiger partial charge on any atom is -0.455 e. The van der Waals surface area contributed by atoms with Gasteiger partial charge in [-0.3, -0.25) is 0 Å². The third-order valence-electron chi connectivity index (χ3n) is 14.4. The molecule has 0 amide bonds. The van der Waals surface area contributed by atoms with Crippen molar-refractivity contribution in [1.29, 1.82) is 0 Å². The van der Waals surface area contributed by atoms with Gasteiger partial charge in [-0.2, -0.15) is 0 Å². The Morgan fingerprint density at radius 1 is 0.296 bits per heavy atom. The summed E-state index contributed by atoms with van der Waals surface area (Å²) in [6.45, 7) is 0. The molecule has 14 rings (SSSR count). The van der Waals surface area contributed by atoms with E-state index in [2.05, 4.69) is 276 Å². The average Bonchev–Trinajstić information content (AvgIpc) is 4.00. The Morgan fingerprint density at radius 3 is 1.51 bits per heavy atom. The molecule has 14 aromatic rings. The van der Waals surface area contributed by atoms with Crippen molar-refractivity contribution in [2.24, 2.45) is 0 Å². The van der Waals surface area contributed by atoms with Gasteiger partial charge in [0.1, 0.15) is 11.2 Å². The molecule has 2 heterocycles. The Balaban J connectivity index is 0.881. The highest BCUT2D eigenvalue weighted by Crippen LogP contribution is 2.45. The van der Waals surface area contributed by atoms with Gasteiger partial charge >= 0.3 is 0 Å². The van der Waals surface area contributed by atoms with E-state index in [1.165, 1.54) is 60.2 Å². The maximum absolute atomic E-state index is 6.58. The number of nitrogens with zero attached hydrogens (tertiary/aromatic N) is 2. The first-order valence-corrected chi connectivity index (χ1v) is 24.3. The Kier molecular flexibility index (Phi) is 9.53. The van der Waals surface area contributed by atoms with Gasteiger partial charge in [-0.05, 0) is 116 Å². The third kappa shape index (κ3) is 6.82. The molecule has 0 saturated heterocycles. The standard InChI is InChI=1S/C68H44N2O/c1-3-17-54-47(14-1)16-13-23-55(54)49-30-28-45(29-31-49)46-32-38-52(39-33-46)69(63-24-9-6-19-57(63)51-37-43-67-62(44-51)61-42-36-48-15-2-4-20-58(48)68(61)71-67)53-40-34-50(35-41-53)56-18-5-10-25-64(56)70-65-26-11-7-21-59(65)60-22-8-12-27-66(60)70/h1-44H. The van der Waals surface area contributed by atoms with Gasteiger partial charge in [-0.1, -0.05) is 200 Å². The molecule has 0 atom stereocenters. The van der Waals surface area contributed by atoms with E-state index in [9.17, 15) is 0 Å². The lowest BCUT2D eigenvalue weighted by Crippen LogP contribution is -2.11. The summed E-state index contributed by atoms with van der Waals surface area (Å²) in [4.78, 5) is 2.40. The molecule has 0 saturated carbocycles. The number of para-hydroxylation sites is 4. The summed E-state index contributed by atoms with van der Waals surface area (Å²) in [6, 6.07) is 96.7. The Morgan fingerprint density at radius 2 is 0.789 bits per heavy atom. The third-order valence-corrected chi connectivity index (χ3v) is 14.4. The van der Waals surface area contributed by atoms with Crippen LogP contribution in [-0.2, 0) is 0 Å². The van der Waals surface area contributed by atoms with Crippen molar-refractivity contribution in [3.8, 4) is 50.2 Å². The normalized spacial score (nSPS) is 11.7. The van der Waals surface area contributed by atoms with Gasteiger partial charge in [-0.25, -0.2) is 0 Å². The SMILES string of the molecule is c1ccc(N(c2ccc(-c3ccc(-c4cccc5ccccc45)cc3)cc2)c2ccc(-c3ccccc3-n3c4ccccc4c4ccccc43)cc2)c(-c2ccc3oc4c5ccccc5ccc4c3c2)c1. The number of benzene rings is 12. The van der Waals surface area contributed by atoms with Gasteiger partial charge in [0.15, 0.2) is 0 Å². The number of fused-ring (bicyclic) bond motifs is 9. The predicted molar refractivity (Wildman–Crippen MR) is 299 cm³/mol. The van der Waals surface area contributed by atoms with Gasteiger partial charge in [0.25, 0.3) is 0 Å². The summed E-state index contributed by atoms with van der Waals surface area (Å²) in [5.41, 5.74) is 17.9. The minimum atomic E-state index is 0.881. The fourth-order valence-corrected chi connectivity index (χ4v) is 11.0. The summed E-state index contributed by atoms with van der Waals surface area (Å²) in [7, 11) is 0. The quantitative estimate of drug-likeness (QED) is 0.151. The van der Waals surface area contributed by atoms with Crippen LogP contribution in [0.2, 0.25) is 0 Å². The van der Waals surface area contributed by atoms with E-state index in [-0.39, 0.29) is 0 Å². The van der Waals surface area contributed by atoms with E-state index in [1.54, 1.807) is 0 Å². The minimum absolute atomic E-state index is 0.881. The Labute approximate surface area is 411 Å². The fourth-order valence-electron chi connectivity index (χ4n) is 11.0. The van der Waals surface area contributed by atoms with Crippen molar-refractivity contribution in [3.63, 3.8) is 0 Å². The molecular formula is C68H44N2O. The highest BCUT2D eigenvalue weighted by molar-refractivity contribution is 6.16. The van der Waals surface area contributed by atoms with Crippen LogP contribution in [0.25, 0.3) is 115 Å². The largest absolute Gasteiger partial charge is 0.455 e. The van der Waals surface area contributed by atoms with Crippen molar-refractivity contribution < 1.29 is 4.42 Å². The first kappa shape index (κ1) is 40.6. The van der Waals surface area contributed by atoms with Crippen molar-refractivity contribution in [2.45, 2.75) is 0 Å². The van der Waals surface area contributed by atoms with Crippen LogP contribution >= 0.6 is 0 Å². The molecule has 0 aliphatic heterocycles. The Bertz CT molecular complexity index is 4270. The topological polar surface area (TPSA) is 21.3 Å². The van der Waals surface area contributed by atoms with E-state index in [0.717, 1.165) is 72.3 Å². The molecule has 0 N–H and O–H groups in total. The van der Waals surface area contributed by atoms with Gasteiger partial charge in [0.05, 0.1) is 22.4 Å². The number of anilines is 3. The lowest BCUT2D eigenvalue weighted by molar-refractivity contribution is 0.672. The molecular weight excluding hydrogens is 861 g/mol. The van der Waals surface area contributed by atoms with Crippen LogP contribution in [0.3, 0.4) is 0 Å². The molecule has 71 heavy (non-hydrogen) atoms. The van der Waals surface area contributed by atoms with Crippen molar-refractivity contribution in [2.75, 3.05) is 4.90 Å². The van der Waals surface area contributed by atoms with E-state index < -0.39 is 0 Å². The summed E-state index contributed by atoms with van der Waals surface area (Å²) in [5, 5.41) is 9.53. The van der Waals surface area contributed by atoms with Crippen LogP contribution in [0, 0.1) is 0 Å². The van der Waals surface area contributed by atoms with E-state index >= 15 is 0 Å². The van der Waals surface area contributed by atoms with Crippen LogP contribution in [0.15, 0.2) is 271 Å². The second kappa shape index (κ2) is 16.7. The molecule has 0 spiro atoms. The van der Waals surface area contributed by atoms with Gasteiger partial charge in [0, 0.05) is 49.4 Å². The summed E-state index contributed by atoms with van der Waals surface area (Å²) in [6.07, 6.45) is 0. The number of aromatic nitrogens is 1. The number of hydrogen-bond donors (Lipinski definition) is 0. The second-order valence-corrected chi connectivity index (χ2v) is 18.4. The molecule has 3 heteroatoms. The second-order valence-electron chi connectivity index (χ2n) is 18.4. The van der Waals surface area contributed by atoms with E-state index in [0.29, 0.717) is 0 Å². The van der Waals surface area contributed by atoms with E-state index in [1.807, 2.05) is 0 Å². The number of rotatable bonds is 8. The van der Waals surface area contributed by atoms with Crippen LogP contribution in [0.5, 0.6) is 0 Å². The molecule has 12 aromatic carbocycles. The molecule has 0 radical (unpaired) electrons. The van der Waals surface area contributed by atoms with Crippen LogP contribution < -0.4 is 4.90 Å². The first-order valence-electron chi connectivity index (χ1n) is 24.3. The van der Waals surface area contributed by atoms with Gasteiger partial charge in [-0.15, -0.1) is 0 Å². The molecule has 0 aliphatic rings. The smallest absolute Gasteiger partial charge is 0.143 e. The maximum Gasteiger partial charge on any atom is 0.143 e. The zero-order valence-electron chi connectivity index (χ0n) is 38.7. The van der Waals surface area contributed by atoms with Crippen LogP contribution in [-0.4, -0.2) is 4.57 Å². The van der Waals surface area contributed by atoms with E-state index in [4.69, 9.17) is 4.42 Å². The predicted octanol–water partition coefficient (Wildman–Crippen LogP) is 19.1. The van der Waals surface area contributed by atoms with Crippen molar-refractivity contribution >= 4 is 82.4 Å². The molecule has 332 valence electrons. The zero-order valence-corrected chi connectivity index (χ0v) is 38.7. The van der Waals surface area contributed by atoms with Gasteiger partial charge in [0.2, 0.25) is 0 Å². The highest BCUT2D eigenvalue weighted by atomic mass is 16.3. The molecule has 0 fully saturated rings. The highest BCUT2D eigenvalue weighted by Gasteiger charge is 2.21. The van der Waals surface area contributed by atoms with Crippen molar-refractivity contribution in [3.05, 3.63) is 267 Å². The summed E-state index contributed by atoms with van der Waals surface area (Å²) in [5.74, 6) is 0. The molecule has 3 nitrogen and oxygen atoms in total. The lowest BCUT2D eigenvalue weighted by atomic mass is 9.96. The average molecular weight is 905 g/mol. The maximum atomic E-state index is 6.58. The van der Waals surface area contributed by atoms with Gasteiger partial charge < -0.3 is 13.9 Å². The molecule has 0 aliphatic carbocycles. The Hall–Kier alpha value is -9.44. The number of furan rings is 1. The number of hydrogen-bond acceptors (Lipinski definition) is 2. The monoisotopic (exact) mass is 904 g/mol. The fraction of sp³-hybridized carbons (Fsp3) is 0. The lowest BCUT2D eigenvalue weighted by Gasteiger charge is -2.28. The summed E-state index contributed by atoms with van der Waals surface area (Å²) >= 11 is 0.